The number of thiophene rings is 1. The van der Waals surface area contributed by atoms with Crippen LogP contribution in [-0.4, -0.2) is 31.8 Å². The minimum absolute atomic E-state index is 0.0939. The summed E-state index contributed by atoms with van der Waals surface area (Å²) in [7, 11) is 1.63. The minimum atomic E-state index is -0.103. The second-order valence-corrected chi connectivity index (χ2v) is 8.87. The summed E-state index contributed by atoms with van der Waals surface area (Å²) in [6.07, 6.45) is 1.66. The molecule has 0 aliphatic carbocycles. The third-order valence-electron chi connectivity index (χ3n) is 4.57. The maximum Gasteiger partial charge on any atom is 0.259 e. The number of benzene rings is 1. The van der Waals surface area contributed by atoms with Crippen LogP contribution >= 0.6 is 23.1 Å². The molecule has 4 rings (SSSR count). The third kappa shape index (κ3) is 3.31. The van der Waals surface area contributed by atoms with Crippen molar-refractivity contribution >= 4 is 33.3 Å². The molecule has 0 saturated heterocycles. The lowest BCUT2D eigenvalue weighted by Gasteiger charge is -2.12. The van der Waals surface area contributed by atoms with Crippen molar-refractivity contribution in [2.45, 2.75) is 31.2 Å². The van der Waals surface area contributed by atoms with E-state index in [1.54, 1.807) is 24.8 Å². The predicted molar refractivity (Wildman–Crippen MR) is 112 cm³/mol. The van der Waals surface area contributed by atoms with Crippen molar-refractivity contribution in [3.05, 3.63) is 57.2 Å². The highest BCUT2D eigenvalue weighted by molar-refractivity contribution is 7.99. The highest BCUT2D eigenvalue weighted by atomic mass is 32.2. The molecular weight excluding hydrogens is 394 g/mol. The summed E-state index contributed by atoms with van der Waals surface area (Å²) in [5.41, 5.74) is 1.81. The maximum atomic E-state index is 12.6. The van der Waals surface area contributed by atoms with Crippen molar-refractivity contribution in [1.82, 2.24) is 24.7 Å². The number of ether oxygens (including phenoxy) is 1. The fourth-order valence-electron chi connectivity index (χ4n) is 2.92. The molecule has 0 aliphatic heterocycles. The van der Waals surface area contributed by atoms with Crippen LogP contribution in [0.3, 0.4) is 0 Å². The predicted octanol–water partition coefficient (Wildman–Crippen LogP) is 4.04. The van der Waals surface area contributed by atoms with Crippen LogP contribution in [-0.2, 0) is 0 Å². The van der Waals surface area contributed by atoms with E-state index in [1.165, 1.54) is 11.8 Å². The van der Waals surface area contributed by atoms with Crippen LogP contribution in [0.5, 0.6) is 5.75 Å². The summed E-state index contributed by atoms with van der Waals surface area (Å²) in [5, 5.41) is 9.57. The molecular formula is C19H19N5O2S2. The summed E-state index contributed by atoms with van der Waals surface area (Å²) in [5.74, 6) is 1.39. The van der Waals surface area contributed by atoms with E-state index in [0.29, 0.717) is 16.4 Å². The van der Waals surface area contributed by atoms with E-state index in [2.05, 4.69) is 15.2 Å². The van der Waals surface area contributed by atoms with Crippen LogP contribution in [0.25, 0.3) is 15.9 Å². The highest BCUT2D eigenvalue weighted by Gasteiger charge is 2.19. The first kappa shape index (κ1) is 18.7. The van der Waals surface area contributed by atoms with Crippen LogP contribution < -0.4 is 10.3 Å². The smallest absolute Gasteiger partial charge is 0.259 e. The Bertz CT molecular complexity index is 1210. The summed E-state index contributed by atoms with van der Waals surface area (Å²) in [6, 6.07) is 7.68. The number of fused-ring (bicyclic) bond motifs is 1. The highest BCUT2D eigenvalue weighted by Crippen LogP contribution is 2.34. The Morgan fingerprint density at radius 3 is 2.93 bits per heavy atom. The fraction of sp³-hybridized carbons (Fsp3) is 0.263. The number of hydrogen-bond donors (Lipinski definition) is 1. The SMILES string of the molecule is COc1cccc(-n2cnnc2S[C@@H](C)c2nc3sc(C)c(C)c3c(=O)[nH]2)c1. The molecule has 4 aromatic rings. The Morgan fingerprint density at radius 1 is 1.32 bits per heavy atom. The average Bonchev–Trinajstić information content (AvgIpc) is 3.26. The van der Waals surface area contributed by atoms with Gasteiger partial charge in [-0.3, -0.25) is 9.36 Å². The zero-order chi connectivity index (χ0) is 19.8. The molecule has 1 N–H and O–H groups in total. The summed E-state index contributed by atoms with van der Waals surface area (Å²) < 4.78 is 7.19. The molecule has 1 atom stereocenters. The van der Waals surface area contributed by atoms with Gasteiger partial charge in [-0.05, 0) is 38.5 Å². The molecule has 0 fully saturated rings. The Balaban J connectivity index is 1.66. The standard InChI is InChI=1S/C19H19N5O2S2/c1-10-11(2)27-18-15(10)17(25)21-16(22-18)12(3)28-19-23-20-9-24(19)13-6-5-7-14(8-13)26-4/h5-9,12H,1-4H3,(H,21,22,25)/t12-/m0/s1. The van der Waals surface area contributed by atoms with Gasteiger partial charge in [-0.2, -0.15) is 0 Å². The lowest BCUT2D eigenvalue weighted by atomic mass is 10.2. The van der Waals surface area contributed by atoms with Crippen LogP contribution in [0.15, 0.2) is 40.5 Å². The molecule has 1 aromatic carbocycles. The summed E-state index contributed by atoms with van der Waals surface area (Å²) in [6.45, 7) is 5.96. The number of hydrogen-bond acceptors (Lipinski definition) is 7. The van der Waals surface area contributed by atoms with Gasteiger partial charge in [0.1, 0.15) is 22.7 Å². The quantitative estimate of drug-likeness (QED) is 0.497. The van der Waals surface area contributed by atoms with Gasteiger partial charge in [-0.1, -0.05) is 17.8 Å². The van der Waals surface area contributed by atoms with Crippen LogP contribution in [0, 0.1) is 13.8 Å². The van der Waals surface area contributed by atoms with Gasteiger partial charge in [0.05, 0.1) is 23.4 Å². The van der Waals surface area contributed by atoms with Gasteiger partial charge in [0.25, 0.3) is 5.56 Å². The molecule has 3 heterocycles. The number of aromatic nitrogens is 5. The van der Waals surface area contributed by atoms with E-state index in [-0.39, 0.29) is 10.8 Å². The zero-order valence-electron chi connectivity index (χ0n) is 15.9. The number of aryl methyl sites for hydroxylation is 2. The van der Waals surface area contributed by atoms with Crippen molar-refractivity contribution in [3.8, 4) is 11.4 Å². The second kappa shape index (κ2) is 7.40. The molecule has 0 bridgehead atoms. The number of aromatic amines is 1. The number of methoxy groups -OCH3 is 1. The lowest BCUT2D eigenvalue weighted by Crippen LogP contribution is -2.12. The molecule has 0 saturated carbocycles. The lowest BCUT2D eigenvalue weighted by molar-refractivity contribution is 0.414. The first-order chi connectivity index (χ1) is 13.5. The second-order valence-electron chi connectivity index (χ2n) is 6.36. The van der Waals surface area contributed by atoms with Gasteiger partial charge in [-0.25, -0.2) is 4.98 Å². The van der Waals surface area contributed by atoms with E-state index >= 15 is 0 Å². The molecule has 9 heteroatoms. The van der Waals surface area contributed by atoms with Crippen LogP contribution in [0.4, 0.5) is 0 Å². The Morgan fingerprint density at radius 2 is 2.14 bits per heavy atom. The first-order valence-electron chi connectivity index (χ1n) is 8.69. The number of thioether (sulfide) groups is 1. The van der Waals surface area contributed by atoms with Crippen molar-refractivity contribution in [2.24, 2.45) is 0 Å². The normalized spacial score (nSPS) is 12.4. The van der Waals surface area contributed by atoms with Gasteiger partial charge < -0.3 is 9.72 Å². The van der Waals surface area contributed by atoms with Crippen LogP contribution in [0.2, 0.25) is 0 Å². The van der Waals surface area contributed by atoms with Crippen molar-refractivity contribution in [1.29, 1.82) is 0 Å². The molecule has 0 unspecified atom stereocenters. The Labute approximate surface area is 169 Å². The largest absolute Gasteiger partial charge is 0.497 e. The number of H-pyrrole nitrogens is 1. The molecule has 0 amide bonds. The van der Waals surface area contributed by atoms with Crippen molar-refractivity contribution in [3.63, 3.8) is 0 Å². The summed E-state index contributed by atoms with van der Waals surface area (Å²) in [4.78, 5) is 22.1. The van der Waals surface area contributed by atoms with Gasteiger partial charge >= 0.3 is 0 Å². The van der Waals surface area contributed by atoms with Gasteiger partial charge in [-0.15, -0.1) is 21.5 Å². The van der Waals surface area contributed by atoms with E-state index < -0.39 is 0 Å². The number of nitrogens with zero attached hydrogens (tertiary/aromatic N) is 4. The fourth-order valence-corrected chi connectivity index (χ4v) is 4.86. The van der Waals surface area contributed by atoms with E-state index in [1.807, 2.05) is 49.6 Å². The van der Waals surface area contributed by atoms with E-state index in [9.17, 15) is 4.79 Å². The maximum absolute atomic E-state index is 12.6. The first-order valence-corrected chi connectivity index (χ1v) is 10.4. The van der Waals surface area contributed by atoms with Crippen molar-refractivity contribution < 1.29 is 4.74 Å². The topological polar surface area (TPSA) is 85.7 Å². The van der Waals surface area contributed by atoms with Gasteiger partial charge in [0, 0.05) is 10.9 Å². The summed E-state index contributed by atoms with van der Waals surface area (Å²) >= 11 is 3.04. The van der Waals surface area contributed by atoms with Crippen LogP contribution in [0.1, 0.15) is 28.4 Å². The molecule has 28 heavy (non-hydrogen) atoms. The number of nitrogens with one attached hydrogen (secondary N) is 1. The minimum Gasteiger partial charge on any atom is -0.497 e. The van der Waals surface area contributed by atoms with E-state index in [0.717, 1.165) is 26.7 Å². The Kier molecular flexibility index (Phi) is 4.94. The molecule has 0 radical (unpaired) electrons. The van der Waals surface area contributed by atoms with E-state index in [4.69, 9.17) is 9.72 Å². The monoisotopic (exact) mass is 413 g/mol. The molecule has 0 spiro atoms. The van der Waals surface area contributed by atoms with Gasteiger partial charge in [0.2, 0.25) is 0 Å². The Hall–Kier alpha value is -2.65. The average molecular weight is 414 g/mol. The molecule has 144 valence electrons. The van der Waals surface area contributed by atoms with Crippen molar-refractivity contribution in [2.75, 3.05) is 7.11 Å². The zero-order valence-corrected chi connectivity index (χ0v) is 17.5. The molecule has 3 aromatic heterocycles. The molecule has 0 aliphatic rings. The van der Waals surface area contributed by atoms with Gasteiger partial charge in [0.15, 0.2) is 5.16 Å². The number of rotatable bonds is 5. The molecule has 7 nitrogen and oxygen atoms in total. The third-order valence-corrected chi connectivity index (χ3v) is 6.74.